The molecule has 0 spiro atoms. The molecule has 1 saturated carbocycles. The number of carbonyl (C=O) groups is 1. The second-order valence-corrected chi connectivity index (χ2v) is 7.95. The first-order valence-corrected chi connectivity index (χ1v) is 9.48. The molecule has 0 saturated heterocycles. The third kappa shape index (κ3) is 4.05. The van der Waals surface area contributed by atoms with Crippen LogP contribution in [-0.4, -0.2) is 25.9 Å². The Bertz CT molecular complexity index is 740. The van der Waals surface area contributed by atoms with Crippen LogP contribution in [0.2, 0.25) is 10.0 Å². The van der Waals surface area contributed by atoms with E-state index in [1.807, 2.05) is 6.92 Å². The molecule has 1 N–H and O–H groups in total. The number of amides is 1. The van der Waals surface area contributed by atoms with Crippen LogP contribution in [0.4, 0.5) is 5.69 Å². The van der Waals surface area contributed by atoms with Crippen molar-refractivity contribution in [3.63, 3.8) is 0 Å². The van der Waals surface area contributed by atoms with Crippen molar-refractivity contribution in [2.75, 3.05) is 5.32 Å². The van der Waals surface area contributed by atoms with Crippen LogP contribution >= 0.6 is 35.0 Å². The molecule has 1 heterocycles. The third-order valence-electron chi connectivity index (χ3n) is 3.79. The zero-order chi connectivity index (χ0) is 17.3. The monoisotopic (exact) mass is 384 g/mol. The number of benzene rings is 1. The normalized spacial score (nSPS) is 15.3. The molecule has 0 bridgehead atoms. The fourth-order valence-corrected chi connectivity index (χ4v) is 3.86. The molecule has 1 aliphatic rings. The van der Waals surface area contributed by atoms with Crippen LogP contribution in [0, 0.1) is 0 Å². The van der Waals surface area contributed by atoms with E-state index in [0.29, 0.717) is 21.7 Å². The van der Waals surface area contributed by atoms with Crippen LogP contribution in [0.5, 0.6) is 0 Å². The van der Waals surface area contributed by atoms with Gasteiger partial charge >= 0.3 is 0 Å². The van der Waals surface area contributed by atoms with Gasteiger partial charge in [0.25, 0.3) is 0 Å². The highest BCUT2D eigenvalue weighted by Crippen LogP contribution is 2.40. The van der Waals surface area contributed by atoms with Gasteiger partial charge in [-0.2, -0.15) is 0 Å². The van der Waals surface area contributed by atoms with Gasteiger partial charge in [-0.05, 0) is 44.9 Å². The maximum absolute atomic E-state index is 12.4. The van der Waals surface area contributed by atoms with E-state index in [9.17, 15) is 4.79 Å². The molecule has 24 heavy (non-hydrogen) atoms. The van der Waals surface area contributed by atoms with E-state index in [0.717, 1.165) is 17.5 Å². The van der Waals surface area contributed by atoms with Gasteiger partial charge in [-0.15, -0.1) is 10.2 Å². The molecule has 0 aliphatic heterocycles. The van der Waals surface area contributed by atoms with Crippen LogP contribution in [0.1, 0.15) is 38.4 Å². The number of nitrogens with one attached hydrogen (secondary N) is 1. The topological polar surface area (TPSA) is 59.8 Å². The minimum atomic E-state index is -0.315. The third-order valence-corrected chi connectivity index (χ3v) is 5.30. The highest BCUT2D eigenvalue weighted by Gasteiger charge is 2.30. The van der Waals surface area contributed by atoms with Crippen molar-refractivity contribution >= 4 is 46.6 Å². The summed E-state index contributed by atoms with van der Waals surface area (Å²) >= 11 is 13.3. The molecular formula is C16H18Cl2N4OS. The summed E-state index contributed by atoms with van der Waals surface area (Å²) in [6.07, 6.45) is 2.35. The predicted octanol–water partition coefficient (Wildman–Crippen LogP) is 4.60. The van der Waals surface area contributed by atoms with Crippen molar-refractivity contribution in [1.29, 1.82) is 0 Å². The van der Waals surface area contributed by atoms with Gasteiger partial charge in [0.2, 0.25) is 5.91 Å². The first-order valence-electron chi connectivity index (χ1n) is 7.84. The number of rotatable bonds is 6. The summed E-state index contributed by atoms with van der Waals surface area (Å²) in [5.41, 5.74) is 0.584. The Morgan fingerprint density at radius 3 is 2.58 bits per heavy atom. The fourth-order valence-electron chi connectivity index (χ4n) is 2.41. The van der Waals surface area contributed by atoms with Crippen molar-refractivity contribution in [3.8, 4) is 0 Å². The molecule has 1 aromatic carbocycles. The van der Waals surface area contributed by atoms with Gasteiger partial charge in [-0.1, -0.05) is 35.0 Å². The number of aromatic nitrogens is 3. The van der Waals surface area contributed by atoms with E-state index < -0.39 is 0 Å². The van der Waals surface area contributed by atoms with E-state index >= 15 is 0 Å². The number of nitrogens with zero attached hydrogens (tertiary/aromatic N) is 3. The van der Waals surface area contributed by atoms with Crippen LogP contribution in [0.3, 0.4) is 0 Å². The molecule has 1 fully saturated rings. The molecule has 1 amide bonds. The second-order valence-electron chi connectivity index (χ2n) is 5.77. The minimum absolute atomic E-state index is 0.128. The number of anilines is 1. The number of carbonyl (C=O) groups excluding carboxylic acids is 1. The molecule has 8 heteroatoms. The van der Waals surface area contributed by atoms with Gasteiger partial charge in [-0.3, -0.25) is 4.79 Å². The zero-order valence-corrected chi connectivity index (χ0v) is 15.8. The summed E-state index contributed by atoms with van der Waals surface area (Å²) in [6.45, 7) is 4.72. The molecule has 128 valence electrons. The summed E-state index contributed by atoms with van der Waals surface area (Å²) in [7, 11) is 0. The van der Waals surface area contributed by atoms with Crippen molar-refractivity contribution in [2.45, 2.75) is 49.6 Å². The van der Waals surface area contributed by atoms with Gasteiger partial charge in [0.05, 0.1) is 5.25 Å². The SMILES string of the molecule is CCn1c(S[C@@H](C)C(=O)Nc2cc(Cl)cc(Cl)c2)nnc1C1CC1. The standard InChI is InChI=1S/C16H18Cl2N4OS/c1-3-22-14(10-4-5-10)20-21-16(22)24-9(2)15(23)19-13-7-11(17)6-12(18)8-13/h6-10H,3-5H2,1-2H3,(H,19,23)/t9-/m0/s1. The van der Waals surface area contributed by atoms with Crippen molar-refractivity contribution in [1.82, 2.24) is 14.8 Å². The van der Waals surface area contributed by atoms with E-state index in [2.05, 4.69) is 27.0 Å². The molecule has 1 aromatic heterocycles. The second kappa shape index (κ2) is 7.33. The lowest BCUT2D eigenvalue weighted by atomic mass is 10.3. The lowest BCUT2D eigenvalue weighted by molar-refractivity contribution is -0.115. The van der Waals surface area contributed by atoms with Crippen molar-refractivity contribution in [2.24, 2.45) is 0 Å². The first kappa shape index (κ1) is 17.6. The van der Waals surface area contributed by atoms with Gasteiger partial charge in [0, 0.05) is 28.2 Å². The first-order chi connectivity index (χ1) is 11.5. The van der Waals surface area contributed by atoms with E-state index in [-0.39, 0.29) is 11.2 Å². The summed E-state index contributed by atoms with van der Waals surface area (Å²) in [6, 6.07) is 4.96. The smallest absolute Gasteiger partial charge is 0.237 e. The Labute approximate surface area is 155 Å². The summed E-state index contributed by atoms with van der Waals surface area (Å²) in [4.78, 5) is 12.4. The van der Waals surface area contributed by atoms with Crippen LogP contribution in [-0.2, 0) is 11.3 Å². The van der Waals surface area contributed by atoms with E-state index in [1.54, 1.807) is 18.2 Å². The number of halogens is 2. The number of thioether (sulfide) groups is 1. The molecule has 3 rings (SSSR count). The van der Waals surface area contributed by atoms with Crippen LogP contribution in [0.15, 0.2) is 23.4 Å². The molecule has 0 unspecified atom stereocenters. The van der Waals surface area contributed by atoms with Gasteiger partial charge in [0.15, 0.2) is 5.16 Å². The van der Waals surface area contributed by atoms with Crippen LogP contribution < -0.4 is 5.32 Å². The Kier molecular flexibility index (Phi) is 5.37. The maximum atomic E-state index is 12.4. The number of hydrogen-bond donors (Lipinski definition) is 1. The highest BCUT2D eigenvalue weighted by molar-refractivity contribution is 8.00. The quantitative estimate of drug-likeness (QED) is 0.739. The molecule has 0 radical (unpaired) electrons. The van der Waals surface area contributed by atoms with Gasteiger partial charge in [-0.25, -0.2) is 0 Å². The van der Waals surface area contributed by atoms with Gasteiger partial charge in [0.1, 0.15) is 5.82 Å². The van der Waals surface area contributed by atoms with Gasteiger partial charge < -0.3 is 9.88 Å². The molecule has 1 aliphatic carbocycles. The van der Waals surface area contributed by atoms with Crippen LogP contribution in [0.25, 0.3) is 0 Å². The lowest BCUT2D eigenvalue weighted by Crippen LogP contribution is -2.23. The minimum Gasteiger partial charge on any atom is -0.325 e. The average Bonchev–Trinajstić information content (AvgIpc) is 3.27. The zero-order valence-electron chi connectivity index (χ0n) is 13.4. The summed E-state index contributed by atoms with van der Waals surface area (Å²) < 4.78 is 2.10. The highest BCUT2D eigenvalue weighted by atomic mass is 35.5. The summed E-state index contributed by atoms with van der Waals surface area (Å²) in [5.74, 6) is 1.44. The largest absolute Gasteiger partial charge is 0.325 e. The predicted molar refractivity (Wildman–Crippen MR) is 98.1 cm³/mol. The molecule has 5 nitrogen and oxygen atoms in total. The Balaban J connectivity index is 1.68. The summed E-state index contributed by atoms with van der Waals surface area (Å²) in [5, 5.41) is 12.8. The fraction of sp³-hybridized carbons (Fsp3) is 0.438. The Morgan fingerprint density at radius 1 is 1.33 bits per heavy atom. The molecular weight excluding hydrogens is 367 g/mol. The molecule has 1 atom stereocenters. The van der Waals surface area contributed by atoms with E-state index in [4.69, 9.17) is 23.2 Å². The lowest BCUT2D eigenvalue weighted by Gasteiger charge is -2.13. The molecule has 2 aromatic rings. The average molecular weight is 385 g/mol. The van der Waals surface area contributed by atoms with E-state index in [1.165, 1.54) is 24.6 Å². The number of hydrogen-bond acceptors (Lipinski definition) is 4. The Hall–Kier alpha value is -1.24. The Morgan fingerprint density at radius 2 is 2.00 bits per heavy atom. The van der Waals surface area contributed by atoms with Crippen molar-refractivity contribution < 1.29 is 4.79 Å². The van der Waals surface area contributed by atoms with Crippen molar-refractivity contribution in [3.05, 3.63) is 34.1 Å². The maximum Gasteiger partial charge on any atom is 0.237 e.